The van der Waals surface area contributed by atoms with Gasteiger partial charge in [-0.05, 0) is 5.56 Å². The van der Waals surface area contributed by atoms with Crippen LogP contribution in [-0.2, 0) is 0 Å². The fraction of sp³-hybridized carbons (Fsp3) is 0. The molecule has 0 saturated carbocycles. The van der Waals surface area contributed by atoms with Gasteiger partial charge in [-0.25, -0.2) is 8.78 Å². The van der Waals surface area contributed by atoms with Gasteiger partial charge in [-0.15, -0.1) is 0 Å². The Balaban J connectivity index is 2.65. The maximum atomic E-state index is 13.5. The lowest BCUT2D eigenvalue weighted by molar-refractivity contribution is -0.385. The number of benzene rings is 2. The van der Waals surface area contributed by atoms with Gasteiger partial charge in [0.15, 0.2) is 11.6 Å². The Labute approximate surface area is 95.5 Å². The van der Waals surface area contributed by atoms with Gasteiger partial charge in [-0.3, -0.25) is 10.1 Å². The molecule has 0 atom stereocenters. The van der Waals surface area contributed by atoms with Crippen LogP contribution in [0.3, 0.4) is 0 Å². The van der Waals surface area contributed by atoms with Crippen LogP contribution >= 0.6 is 0 Å². The summed E-state index contributed by atoms with van der Waals surface area (Å²) in [5.41, 5.74) is -0.187. The van der Waals surface area contributed by atoms with E-state index in [0.717, 1.165) is 6.07 Å². The lowest BCUT2D eigenvalue weighted by atomic mass is 10.0. The molecule has 0 amide bonds. The Morgan fingerprint density at radius 2 is 1.71 bits per heavy atom. The number of halogens is 2. The molecule has 0 N–H and O–H groups in total. The summed E-state index contributed by atoms with van der Waals surface area (Å²) in [5.74, 6) is -2.31. The van der Waals surface area contributed by atoms with Gasteiger partial charge >= 0.3 is 0 Å². The Morgan fingerprint density at radius 1 is 1.06 bits per heavy atom. The molecule has 0 saturated heterocycles. The molecule has 0 aromatic heterocycles. The second kappa shape index (κ2) is 4.29. The molecule has 0 aliphatic rings. The molecule has 2 rings (SSSR count). The van der Waals surface area contributed by atoms with E-state index in [1.165, 1.54) is 0 Å². The van der Waals surface area contributed by atoms with E-state index in [1.54, 1.807) is 30.3 Å². The van der Waals surface area contributed by atoms with Gasteiger partial charge in [0.1, 0.15) is 0 Å². The number of nitro benzene ring substituents is 1. The zero-order valence-corrected chi connectivity index (χ0v) is 8.56. The van der Waals surface area contributed by atoms with Gasteiger partial charge in [0.25, 0.3) is 5.69 Å². The molecule has 17 heavy (non-hydrogen) atoms. The number of non-ortho nitro benzene ring substituents is 1. The topological polar surface area (TPSA) is 43.1 Å². The summed E-state index contributed by atoms with van der Waals surface area (Å²) in [4.78, 5) is 9.81. The smallest absolute Gasteiger partial charge is 0.258 e. The first kappa shape index (κ1) is 11.2. The number of hydrogen-bond acceptors (Lipinski definition) is 2. The zero-order chi connectivity index (χ0) is 12.4. The van der Waals surface area contributed by atoms with Gasteiger partial charge in [0.2, 0.25) is 0 Å². The molecule has 3 nitrogen and oxygen atoms in total. The maximum absolute atomic E-state index is 13.5. The van der Waals surface area contributed by atoms with Crippen LogP contribution < -0.4 is 0 Å². The number of nitro groups is 1. The molecule has 0 spiro atoms. The second-order valence-corrected chi connectivity index (χ2v) is 3.41. The lowest BCUT2D eigenvalue weighted by Gasteiger charge is -2.04. The van der Waals surface area contributed by atoms with E-state index < -0.39 is 22.2 Å². The third-order valence-electron chi connectivity index (χ3n) is 2.31. The van der Waals surface area contributed by atoms with E-state index in [-0.39, 0.29) is 5.56 Å². The molecule has 0 aliphatic heterocycles. The van der Waals surface area contributed by atoms with E-state index in [4.69, 9.17) is 0 Å². The van der Waals surface area contributed by atoms with Gasteiger partial charge in [0, 0.05) is 11.6 Å². The largest absolute Gasteiger partial charge is 0.273 e. The molecule has 86 valence electrons. The molecule has 0 aliphatic carbocycles. The molecule has 2 aromatic rings. The number of rotatable bonds is 2. The van der Waals surface area contributed by atoms with Crippen LogP contribution in [0, 0.1) is 21.7 Å². The minimum Gasteiger partial charge on any atom is -0.258 e. The van der Waals surface area contributed by atoms with Gasteiger partial charge < -0.3 is 0 Å². The van der Waals surface area contributed by atoms with Crippen LogP contribution in [0.5, 0.6) is 0 Å². The van der Waals surface area contributed by atoms with Crippen molar-refractivity contribution in [3.63, 3.8) is 0 Å². The van der Waals surface area contributed by atoms with Crippen molar-refractivity contribution < 1.29 is 13.7 Å². The minimum absolute atomic E-state index is 0.114. The molecule has 0 bridgehead atoms. The molecular formula is C12H7F2NO2. The van der Waals surface area contributed by atoms with Crippen molar-refractivity contribution >= 4 is 5.69 Å². The fourth-order valence-electron chi connectivity index (χ4n) is 1.51. The van der Waals surface area contributed by atoms with E-state index in [1.807, 2.05) is 0 Å². The second-order valence-electron chi connectivity index (χ2n) is 3.41. The highest BCUT2D eigenvalue weighted by Gasteiger charge is 2.17. The first-order chi connectivity index (χ1) is 8.09. The van der Waals surface area contributed by atoms with Crippen molar-refractivity contribution in [3.8, 4) is 11.1 Å². The highest BCUT2D eigenvalue weighted by molar-refractivity contribution is 5.66. The summed E-state index contributed by atoms with van der Waals surface area (Å²) in [7, 11) is 0. The average molecular weight is 235 g/mol. The fourth-order valence-corrected chi connectivity index (χ4v) is 1.51. The van der Waals surface area contributed by atoms with Gasteiger partial charge in [-0.1, -0.05) is 30.3 Å². The Bertz CT molecular complexity index is 570. The Morgan fingerprint density at radius 3 is 2.29 bits per heavy atom. The third kappa shape index (κ3) is 2.13. The summed E-state index contributed by atoms with van der Waals surface area (Å²) in [6.45, 7) is 0. The van der Waals surface area contributed by atoms with Crippen molar-refractivity contribution in [1.29, 1.82) is 0 Å². The van der Waals surface area contributed by atoms with Crippen molar-refractivity contribution in [2.75, 3.05) is 0 Å². The van der Waals surface area contributed by atoms with Crippen LogP contribution in [0.2, 0.25) is 0 Å². The monoisotopic (exact) mass is 235 g/mol. The first-order valence-corrected chi connectivity index (χ1v) is 4.78. The lowest BCUT2D eigenvalue weighted by Crippen LogP contribution is -1.95. The van der Waals surface area contributed by atoms with Crippen molar-refractivity contribution in [2.45, 2.75) is 0 Å². The SMILES string of the molecule is O=[N+]([O-])c1cc(F)c(F)c(-c2ccccc2)c1. The van der Waals surface area contributed by atoms with Crippen LogP contribution in [-0.4, -0.2) is 4.92 Å². The van der Waals surface area contributed by atoms with Crippen molar-refractivity contribution in [2.24, 2.45) is 0 Å². The van der Waals surface area contributed by atoms with E-state index in [0.29, 0.717) is 11.6 Å². The van der Waals surface area contributed by atoms with Crippen LogP contribution in [0.15, 0.2) is 42.5 Å². The van der Waals surface area contributed by atoms with E-state index in [9.17, 15) is 18.9 Å². The zero-order valence-electron chi connectivity index (χ0n) is 8.56. The van der Waals surface area contributed by atoms with Crippen LogP contribution in [0.4, 0.5) is 14.5 Å². The standard InChI is InChI=1S/C12H7F2NO2/c13-11-7-9(15(16)17)6-10(12(11)14)8-4-2-1-3-5-8/h1-7H. The number of hydrogen-bond donors (Lipinski definition) is 0. The molecule has 2 aromatic carbocycles. The van der Waals surface area contributed by atoms with Crippen molar-refractivity contribution in [3.05, 3.63) is 64.2 Å². The molecule has 0 unspecified atom stereocenters. The highest BCUT2D eigenvalue weighted by atomic mass is 19.2. The summed E-state index contributed by atoms with van der Waals surface area (Å²) < 4.78 is 26.7. The van der Waals surface area contributed by atoms with E-state index >= 15 is 0 Å². The first-order valence-electron chi connectivity index (χ1n) is 4.78. The molecule has 0 fully saturated rings. The molecular weight excluding hydrogens is 228 g/mol. The predicted molar refractivity (Wildman–Crippen MR) is 58.4 cm³/mol. The molecule has 0 radical (unpaired) electrons. The van der Waals surface area contributed by atoms with Crippen molar-refractivity contribution in [1.82, 2.24) is 0 Å². The third-order valence-corrected chi connectivity index (χ3v) is 2.31. The quantitative estimate of drug-likeness (QED) is 0.590. The number of nitrogens with zero attached hydrogens (tertiary/aromatic N) is 1. The van der Waals surface area contributed by atoms with Gasteiger partial charge in [0.05, 0.1) is 11.0 Å². The highest BCUT2D eigenvalue weighted by Crippen LogP contribution is 2.28. The summed E-state index contributed by atoms with van der Waals surface area (Å²) >= 11 is 0. The van der Waals surface area contributed by atoms with Gasteiger partial charge in [-0.2, -0.15) is 0 Å². The van der Waals surface area contributed by atoms with Crippen LogP contribution in [0.1, 0.15) is 0 Å². The average Bonchev–Trinajstić information content (AvgIpc) is 2.33. The minimum atomic E-state index is -1.22. The Hall–Kier alpha value is -2.30. The van der Waals surface area contributed by atoms with E-state index in [2.05, 4.69) is 0 Å². The Kier molecular flexibility index (Phi) is 2.82. The summed E-state index contributed by atoms with van der Waals surface area (Å²) in [5, 5.41) is 10.6. The molecule has 0 heterocycles. The summed E-state index contributed by atoms with van der Waals surface area (Å²) in [6.07, 6.45) is 0. The maximum Gasteiger partial charge on any atom is 0.273 e. The molecule has 5 heteroatoms. The summed E-state index contributed by atoms with van der Waals surface area (Å²) in [6, 6.07) is 9.71. The van der Waals surface area contributed by atoms with Crippen LogP contribution in [0.25, 0.3) is 11.1 Å². The normalized spacial score (nSPS) is 10.2. The predicted octanol–water partition coefficient (Wildman–Crippen LogP) is 3.54.